The lowest BCUT2D eigenvalue weighted by atomic mass is 10.1. The van der Waals surface area contributed by atoms with E-state index in [1.807, 2.05) is 6.07 Å². The summed E-state index contributed by atoms with van der Waals surface area (Å²) in [5, 5.41) is 3.17. The van der Waals surface area contributed by atoms with Crippen LogP contribution in [-0.2, 0) is 20.8 Å². The highest BCUT2D eigenvalue weighted by Crippen LogP contribution is 2.20. The van der Waals surface area contributed by atoms with E-state index in [0.717, 1.165) is 5.56 Å². The zero-order valence-electron chi connectivity index (χ0n) is 15.3. The second-order valence-electron chi connectivity index (χ2n) is 5.79. The van der Waals surface area contributed by atoms with Gasteiger partial charge in [-0.2, -0.15) is 0 Å². The molecule has 27 heavy (non-hydrogen) atoms. The molecule has 0 spiro atoms. The lowest BCUT2D eigenvalue weighted by Crippen LogP contribution is -2.28. The Bertz CT molecular complexity index is 860. The number of benzene rings is 1. The second-order valence-corrected chi connectivity index (χ2v) is 6.20. The van der Waals surface area contributed by atoms with Crippen LogP contribution in [0.2, 0.25) is 5.02 Å². The lowest BCUT2D eigenvalue weighted by Gasteiger charge is -2.08. The Labute approximate surface area is 162 Å². The largest absolute Gasteiger partial charge is 0.462 e. The molecule has 0 fully saturated rings. The van der Waals surface area contributed by atoms with Gasteiger partial charge in [0, 0.05) is 17.3 Å². The van der Waals surface area contributed by atoms with Gasteiger partial charge in [0.1, 0.15) is 5.69 Å². The normalized spacial score (nSPS) is 10.4. The Morgan fingerprint density at radius 3 is 2.48 bits per heavy atom. The van der Waals surface area contributed by atoms with Gasteiger partial charge < -0.3 is 19.8 Å². The molecule has 0 aliphatic rings. The second kappa shape index (κ2) is 9.23. The Balaban J connectivity index is 1.94. The van der Waals surface area contributed by atoms with Crippen molar-refractivity contribution in [2.45, 2.75) is 27.3 Å². The SMILES string of the molecule is CCOC(=O)c1c(C)[nH]c(C(=O)OCC(=O)NCc2ccccc2Cl)c1C. The van der Waals surface area contributed by atoms with E-state index >= 15 is 0 Å². The van der Waals surface area contributed by atoms with Crippen LogP contribution in [0.3, 0.4) is 0 Å². The van der Waals surface area contributed by atoms with E-state index in [1.165, 1.54) is 0 Å². The Hall–Kier alpha value is -2.80. The molecule has 0 unspecified atom stereocenters. The maximum absolute atomic E-state index is 12.2. The summed E-state index contributed by atoms with van der Waals surface area (Å²) in [4.78, 5) is 38.9. The van der Waals surface area contributed by atoms with Gasteiger partial charge in [-0.1, -0.05) is 29.8 Å². The van der Waals surface area contributed by atoms with Crippen molar-refractivity contribution in [2.24, 2.45) is 0 Å². The quantitative estimate of drug-likeness (QED) is 0.706. The van der Waals surface area contributed by atoms with E-state index in [9.17, 15) is 14.4 Å². The number of aryl methyl sites for hydroxylation is 1. The zero-order valence-corrected chi connectivity index (χ0v) is 16.1. The summed E-state index contributed by atoms with van der Waals surface area (Å²) in [6.07, 6.45) is 0. The van der Waals surface area contributed by atoms with E-state index in [-0.39, 0.29) is 18.8 Å². The highest BCUT2D eigenvalue weighted by Gasteiger charge is 2.24. The minimum atomic E-state index is -0.723. The monoisotopic (exact) mass is 392 g/mol. The van der Waals surface area contributed by atoms with Crippen molar-refractivity contribution in [1.82, 2.24) is 10.3 Å². The fourth-order valence-corrected chi connectivity index (χ4v) is 2.76. The summed E-state index contributed by atoms with van der Waals surface area (Å²) < 4.78 is 10.0. The van der Waals surface area contributed by atoms with Crippen LogP contribution < -0.4 is 5.32 Å². The third-order valence-corrected chi connectivity index (χ3v) is 4.26. The average Bonchev–Trinajstić information content (AvgIpc) is 2.93. The fourth-order valence-electron chi connectivity index (χ4n) is 2.55. The first-order valence-corrected chi connectivity index (χ1v) is 8.76. The molecular formula is C19H21ClN2O5. The number of carbonyl (C=O) groups is 3. The number of esters is 2. The number of hydrogen-bond donors (Lipinski definition) is 2. The van der Waals surface area contributed by atoms with Gasteiger partial charge >= 0.3 is 11.9 Å². The molecule has 7 nitrogen and oxygen atoms in total. The van der Waals surface area contributed by atoms with E-state index in [1.54, 1.807) is 39.0 Å². The number of halogens is 1. The molecule has 0 saturated heterocycles. The molecule has 2 N–H and O–H groups in total. The molecule has 0 saturated carbocycles. The molecule has 1 aromatic carbocycles. The molecule has 1 heterocycles. The number of aromatic nitrogens is 1. The summed E-state index contributed by atoms with van der Waals surface area (Å²) in [7, 11) is 0. The molecule has 144 valence electrons. The van der Waals surface area contributed by atoms with Crippen LogP contribution in [0.5, 0.6) is 0 Å². The van der Waals surface area contributed by atoms with E-state index in [0.29, 0.717) is 21.8 Å². The van der Waals surface area contributed by atoms with Crippen molar-refractivity contribution in [2.75, 3.05) is 13.2 Å². The van der Waals surface area contributed by atoms with Gasteiger partial charge in [0.25, 0.3) is 5.91 Å². The topological polar surface area (TPSA) is 97.5 Å². The lowest BCUT2D eigenvalue weighted by molar-refractivity contribution is -0.124. The number of ether oxygens (including phenoxy) is 2. The van der Waals surface area contributed by atoms with Gasteiger partial charge in [0.05, 0.1) is 12.2 Å². The molecule has 2 rings (SSSR count). The number of hydrogen-bond acceptors (Lipinski definition) is 5. The van der Waals surface area contributed by atoms with Crippen LogP contribution in [0.1, 0.15) is 44.6 Å². The van der Waals surface area contributed by atoms with Crippen LogP contribution in [0.15, 0.2) is 24.3 Å². The van der Waals surface area contributed by atoms with E-state index in [2.05, 4.69) is 10.3 Å². The summed E-state index contributed by atoms with van der Waals surface area (Å²) in [6, 6.07) is 7.11. The summed E-state index contributed by atoms with van der Waals surface area (Å²) in [5.41, 5.74) is 2.10. The van der Waals surface area contributed by atoms with E-state index < -0.39 is 24.5 Å². The van der Waals surface area contributed by atoms with E-state index in [4.69, 9.17) is 21.1 Å². The van der Waals surface area contributed by atoms with Gasteiger partial charge in [0.15, 0.2) is 6.61 Å². The predicted octanol–water partition coefficient (Wildman–Crippen LogP) is 2.93. The van der Waals surface area contributed by atoms with Gasteiger partial charge in [-0.05, 0) is 38.0 Å². The van der Waals surface area contributed by atoms with Gasteiger partial charge in [-0.3, -0.25) is 4.79 Å². The zero-order chi connectivity index (χ0) is 20.0. The maximum atomic E-state index is 12.2. The molecule has 1 amide bonds. The number of aromatic amines is 1. The number of rotatable bonds is 7. The summed E-state index contributed by atoms with van der Waals surface area (Å²) in [5.74, 6) is -1.70. The predicted molar refractivity (Wildman–Crippen MR) is 99.8 cm³/mol. The van der Waals surface area contributed by atoms with Crippen molar-refractivity contribution in [3.8, 4) is 0 Å². The smallest absolute Gasteiger partial charge is 0.355 e. The first-order valence-electron chi connectivity index (χ1n) is 8.38. The van der Waals surface area contributed by atoms with Crippen molar-refractivity contribution >= 4 is 29.4 Å². The molecule has 0 bridgehead atoms. The molecular weight excluding hydrogens is 372 g/mol. The minimum absolute atomic E-state index is 0.120. The number of nitrogens with one attached hydrogen (secondary N) is 2. The van der Waals surface area contributed by atoms with Gasteiger partial charge in [0.2, 0.25) is 0 Å². The molecule has 8 heteroatoms. The van der Waals surface area contributed by atoms with Crippen LogP contribution in [0.25, 0.3) is 0 Å². The summed E-state index contributed by atoms with van der Waals surface area (Å²) >= 11 is 6.02. The Kier molecular flexibility index (Phi) is 7.01. The molecule has 0 aliphatic heterocycles. The minimum Gasteiger partial charge on any atom is -0.462 e. The number of carbonyl (C=O) groups excluding carboxylic acids is 3. The van der Waals surface area contributed by atoms with Crippen molar-refractivity contribution < 1.29 is 23.9 Å². The first-order chi connectivity index (χ1) is 12.8. The van der Waals surface area contributed by atoms with Crippen molar-refractivity contribution in [3.05, 3.63) is 57.4 Å². The highest BCUT2D eigenvalue weighted by atomic mass is 35.5. The van der Waals surface area contributed by atoms with Crippen LogP contribution >= 0.6 is 11.6 Å². The third kappa shape index (κ3) is 5.10. The average molecular weight is 393 g/mol. The summed E-state index contributed by atoms with van der Waals surface area (Å²) in [6.45, 7) is 4.98. The number of H-pyrrole nitrogens is 1. The van der Waals surface area contributed by atoms with Crippen LogP contribution in [-0.4, -0.2) is 36.0 Å². The van der Waals surface area contributed by atoms with Crippen molar-refractivity contribution in [1.29, 1.82) is 0 Å². The highest BCUT2D eigenvalue weighted by molar-refractivity contribution is 6.31. The Morgan fingerprint density at radius 2 is 1.81 bits per heavy atom. The first kappa shape index (κ1) is 20.5. The third-order valence-electron chi connectivity index (χ3n) is 3.89. The molecule has 0 radical (unpaired) electrons. The van der Waals surface area contributed by atoms with Crippen LogP contribution in [0.4, 0.5) is 0 Å². The molecule has 0 aliphatic carbocycles. The fraction of sp³-hybridized carbons (Fsp3) is 0.316. The number of amides is 1. The standard InChI is InChI=1S/C19H21ClN2O5/c1-4-26-18(24)16-11(2)17(22-12(16)3)19(25)27-10-15(23)21-9-13-7-5-6-8-14(13)20/h5-8,22H,4,9-10H2,1-3H3,(H,21,23). The van der Waals surface area contributed by atoms with Crippen LogP contribution in [0, 0.1) is 13.8 Å². The molecule has 0 atom stereocenters. The van der Waals surface area contributed by atoms with Crippen molar-refractivity contribution in [3.63, 3.8) is 0 Å². The van der Waals surface area contributed by atoms with Gasteiger partial charge in [-0.25, -0.2) is 9.59 Å². The maximum Gasteiger partial charge on any atom is 0.355 e. The molecule has 1 aromatic heterocycles. The molecule has 2 aromatic rings. The Morgan fingerprint density at radius 1 is 1.11 bits per heavy atom. The van der Waals surface area contributed by atoms with Gasteiger partial charge in [-0.15, -0.1) is 0 Å².